The topological polar surface area (TPSA) is 46.6 Å². The zero-order chi connectivity index (χ0) is 22.8. The molecular formula is C27H25NO3S. The van der Waals surface area contributed by atoms with Crippen LogP contribution < -0.4 is 9.64 Å². The van der Waals surface area contributed by atoms with Crippen molar-refractivity contribution in [1.82, 2.24) is 0 Å². The number of thioether (sulfide) groups is 1. The fourth-order valence-electron chi connectivity index (χ4n) is 3.63. The Bertz CT molecular complexity index is 1200. The first-order valence-corrected chi connectivity index (χ1v) is 11.4. The van der Waals surface area contributed by atoms with Gasteiger partial charge in [-0.3, -0.25) is 9.59 Å². The number of imide groups is 1. The summed E-state index contributed by atoms with van der Waals surface area (Å²) in [6.45, 7) is 7.84. The van der Waals surface area contributed by atoms with E-state index in [2.05, 4.69) is 0 Å². The molecule has 0 N–H and O–H groups in total. The summed E-state index contributed by atoms with van der Waals surface area (Å²) in [6, 6.07) is 22.7. The average molecular weight is 444 g/mol. The van der Waals surface area contributed by atoms with Crippen LogP contribution in [0.5, 0.6) is 5.75 Å². The minimum Gasteiger partial charge on any atom is -0.491 e. The van der Waals surface area contributed by atoms with Crippen LogP contribution in [0.25, 0.3) is 5.57 Å². The standard InChI is InChI=1S/C27H25NO3S/c1-17(2)31-21-15-13-20(14-16-21)24-25(32-22-10-6-5-7-11-22)27(30)28(26(24)29)23-12-8-9-18(3)19(23)4/h5-17H,1-4H3. The highest BCUT2D eigenvalue weighted by atomic mass is 32.2. The Hall–Kier alpha value is -3.31. The van der Waals surface area contributed by atoms with Crippen molar-refractivity contribution in [1.29, 1.82) is 0 Å². The van der Waals surface area contributed by atoms with E-state index < -0.39 is 0 Å². The van der Waals surface area contributed by atoms with Crippen LogP contribution in [-0.2, 0) is 9.59 Å². The fraction of sp³-hybridized carbons (Fsp3) is 0.185. The van der Waals surface area contributed by atoms with E-state index in [0.717, 1.165) is 21.8 Å². The molecule has 0 atom stereocenters. The number of aryl methyl sites for hydroxylation is 1. The third-order valence-corrected chi connectivity index (χ3v) is 6.43. The lowest BCUT2D eigenvalue weighted by Crippen LogP contribution is -2.32. The molecule has 0 saturated heterocycles. The molecule has 0 bridgehead atoms. The predicted molar refractivity (Wildman–Crippen MR) is 130 cm³/mol. The molecule has 5 heteroatoms. The molecule has 162 valence electrons. The number of rotatable bonds is 6. The van der Waals surface area contributed by atoms with E-state index in [1.807, 2.05) is 100 Å². The van der Waals surface area contributed by atoms with Gasteiger partial charge in [0, 0.05) is 4.90 Å². The molecule has 0 spiro atoms. The summed E-state index contributed by atoms with van der Waals surface area (Å²) in [4.78, 5) is 29.9. The molecule has 0 radical (unpaired) electrons. The van der Waals surface area contributed by atoms with Gasteiger partial charge in [0.15, 0.2) is 0 Å². The fourth-order valence-corrected chi connectivity index (χ4v) is 4.65. The van der Waals surface area contributed by atoms with Crippen LogP contribution in [0, 0.1) is 13.8 Å². The van der Waals surface area contributed by atoms with Crippen molar-refractivity contribution in [3.63, 3.8) is 0 Å². The van der Waals surface area contributed by atoms with Gasteiger partial charge in [-0.1, -0.05) is 54.2 Å². The number of hydrogen-bond donors (Lipinski definition) is 0. The number of carbonyl (C=O) groups excluding carboxylic acids is 2. The number of nitrogens with zero attached hydrogens (tertiary/aromatic N) is 1. The molecule has 0 fully saturated rings. The summed E-state index contributed by atoms with van der Waals surface area (Å²) < 4.78 is 5.74. The van der Waals surface area contributed by atoms with Crippen molar-refractivity contribution in [2.75, 3.05) is 4.90 Å². The molecule has 3 aromatic carbocycles. The quantitative estimate of drug-likeness (QED) is 0.428. The van der Waals surface area contributed by atoms with Crippen molar-refractivity contribution in [3.05, 3.63) is 94.4 Å². The molecule has 4 rings (SSSR count). The van der Waals surface area contributed by atoms with E-state index in [4.69, 9.17) is 4.74 Å². The van der Waals surface area contributed by atoms with Gasteiger partial charge in [0.25, 0.3) is 11.8 Å². The molecule has 1 aliphatic rings. The summed E-state index contributed by atoms with van der Waals surface area (Å²) in [5, 5.41) is 0. The number of carbonyl (C=O) groups is 2. The van der Waals surface area contributed by atoms with E-state index in [1.54, 1.807) is 0 Å². The van der Waals surface area contributed by atoms with Gasteiger partial charge in [-0.2, -0.15) is 0 Å². The van der Waals surface area contributed by atoms with Gasteiger partial charge in [0.2, 0.25) is 0 Å². The number of anilines is 1. The number of amides is 2. The number of benzene rings is 3. The summed E-state index contributed by atoms with van der Waals surface area (Å²) in [5.74, 6) is 0.125. The maximum absolute atomic E-state index is 13.6. The first-order valence-electron chi connectivity index (χ1n) is 10.6. The highest BCUT2D eigenvalue weighted by molar-refractivity contribution is 8.04. The van der Waals surface area contributed by atoms with Crippen LogP contribution in [-0.4, -0.2) is 17.9 Å². The Morgan fingerprint density at radius 3 is 2.16 bits per heavy atom. The van der Waals surface area contributed by atoms with Gasteiger partial charge in [-0.05, 0) is 74.7 Å². The first kappa shape index (κ1) is 21.9. The lowest BCUT2D eigenvalue weighted by Gasteiger charge is -2.19. The Balaban J connectivity index is 1.80. The maximum atomic E-state index is 13.6. The highest BCUT2D eigenvalue weighted by Gasteiger charge is 2.41. The van der Waals surface area contributed by atoms with E-state index in [-0.39, 0.29) is 17.9 Å². The number of hydrogen-bond acceptors (Lipinski definition) is 4. The summed E-state index contributed by atoms with van der Waals surface area (Å²) in [5.41, 5.74) is 3.69. The molecule has 4 nitrogen and oxygen atoms in total. The highest BCUT2D eigenvalue weighted by Crippen LogP contribution is 2.42. The molecule has 0 unspecified atom stereocenters. The molecule has 1 heterocycles. The lowest BCUT2D eigenvalue weighted by molar-refractivity contribution is -0.119. The van der Waals surface area contributed by atoms with Crippen LogP contribution in [0.4, 0.5) is 5.69 Å². The molecule has 0 saturated carbocycles. The Morgan fingerprint density at radius 2 is 1.50 bits per heavy atom. The smallest absolute Gasteiger partial charge is 0.272 e. The van der Waals surface area contributed by atoms with E-state index >= 15 is 0 Å². The zero-order valence-corrected chi connectivity index (χ0v) is 19.4. The summed E-state index contributed by atoms with van der Waals surface area (Å²) in [7, 11) is 0. The Morgan fingerprint density at radius 1 is 0.812 bits per heavy atom. The number of ether oxygens (including phenoxy) is 1. The van der Waals surface area contributed by atoms with Crippen LogP contribution >= 0.6 is 11.8 Å². The van der Waals surface area contributed by atoms with Crippen LogP contribution in [0.2, 0.25) is 0 Å². The molecule has 1 aliphatic heterocycles. The summed E-state index contributed by atoms with van der Waals surface area (Å²) >= 11 is 1.33. The van der Waals surface area contributed by atoms with E-state index in [0.29, 0.717) is 21.7 Å². The second kappa shape index (κ2) is 9.05. The van der Waals surface area contributed by atoms with Gasteiger partial charge in [0.05, 0.1) is 22.3 Å². The minimum atomic E-state index is -0.306. The average Bonchev–Trinajstić information content (AvgIpc) is 3.01. The van der Waals surface area contributed by atoms with Crippen LogP contribution in [0.15, 0.2) is 82.6 Å². The van der Waals surface area contributed by atoms with E-state index in [9.17, 15) is 9.59 Å². The molecule has 32 heavy (non-hydrogen) atoms. The molecule has 0 aliphatic carbocycles. The second-order valence-corrected chi connectivity index (χ2v) is 9.06. The first-order chi connectivity index (χ1) is 15.4. The van der Waals surface area contributed by atoms with Crippen molar-refractivity contribution >= 4 is 34.8 Å². The monoisotopic (exact) mass is 443 g/mol. The van der Waals surface area contributed by atoms with Gasteiger partial charge in [-0.15, -0.1) is 0 Å². The molecule has 3 aromatic rings. The van der Waals surface area contributed by atoms with Gasteiger partial charge in [0.1, 0.15) is 5.75 Å². The lowest BCUT2D eigenvalue weighted by atomic mass is 10.1. The SMILES string of the molecule is Cc1cccc(N2C(=O)C(Sc3ccccc3)=C(c3ccc(OC(C)C)cc3)C2=O)c1C. The third-order valence-electron chi connectivity index (χ3n) is 5.34. The maximum Gasteiger partial charge on any atom is 0.272 e. The third kappa shape index (κ3) is 4.21. The van der Waals surface area contributed by atoms with Crippen molar-refractivity contribution in [2.45, 2.75) is 38.7 Å². The Kier molecular flexibility index (Phi) is 6.19. The van der Waals surface area contributed by atoms with Crippen LogP contribution in [0.3, 0.4) is 0 Å². The minimum absolute atomic E-state index is 0.0544. The molecule has 2 amide bonds. The molecular weight excluding hydrogens is 418 g/mol. The second-order valence-electron chi connectivity index (χ2n) is 7.97. The zero-order valence-electron chi connectivity index (χ0n) is 18.6. The Labute approximate surface area is 192 Å². The normalized spacial score (nSPS) is 14.0. The van der Waals surface area contributed by atoms with Crippen molar-refractivity contribution in [3.8, 4) is 5.75 Å². The summed E-state index contributed by atoms with van der Waals surface area (Å²) in [6.07, 6.45) is 0.0544. The van der Waals surface area contributed by atoms with Gasteiger partial charge in [-0.25, -0.2) is 4.90 Å². The van der Waals surface area contributed by atoms with Crippen LogP contribution in [0.1, 0.15) is 30.5 Å². The van der Waals surface area contributed by atoms with Crippen molar-refractivity contribution < 1.29 is 14.3 Å². The van der Waals surface area contributed by atoms with Crippen molar-refractivity contribution in [2.24, 2.45) is 0 Å². The predicted octanol–water partition coefficient (Wildman–Crippen LogP) is 6.17. The van der Waals surface area contributed by atoms with Gasteiger partial charge >= 0.3 is 0 Å². The molecule has 0 aromatic heterocycles. The van der Waals surface area contributed by atoms with Gasteiger partial charge < -0.3 is 4.74 Å². The van der Waals surface area contributed by atoms with E-state index in [1.165, 1.54) is 16.7 Å². The largest absolute Gasteiger partial charge is 0.491 e.